The molecule has 86 valence electrons. The Labute approximate surface area is 97.5 Å². The van der Waals surface area contributed by atoms with Crippen molar-refractivity contribution in [2.75, 3.05) is 0 Å². The van der Waals surface area contributed by atoms with Gasteiger partial charge in [0.25, 0.3) is 0 Å². The smallest absolute Gasteiger partial charge is 0.0953 e. The van der Waals surface area contributed by atoms with Crippen LogP contribution in [0.5, 0.6) is 0 Å². The summed E-state index contributed by atoms with van der Waals surface area (Å²) in [5.74, 6) is -0.319. The zero-order chi connectivity index (χ0) is 12.3. The van der Waals surface area contributed by atoms with Gasteiger partial charge in [-0.2, -0.15) is 5.26 Å². The van der Waals surface area contributed by atoms with Crippen molar-refractivity contribution in [1.82, 2.24) is 0 Å². The van der Waals surface area contributed by atoms with Gasteiger partial charge >= 0.3 is 0 Å². The standard InChI is InChI=1S/C14H19NO/c1-5-12(8-15)14(16)13-10(3)6-9(2)7-11(13)4/h6-7,12,14,16H,5H2,1-4H3. The maximum atomic E-state index is 10.2. The highest BCUT2D eigenvalue weighted by molar-refractivity contribution is 5.39. The summed E-state index contributed by atoms with van der Waals surface area (Å²) in [7, 11) is 0. The molecule has 0 spiro atoms. The molecule has 2 unspecified atom stereocenters. The molecule has 1 aromatic rings. The number of nitrogens with zero attached hydrogens (tertiary/aromatic N) is 1. The molecule has 0 bridgehead atoms. The lowest BCUT2D eigenvalue weighted by Crippen LogP contribution is -2.13. The van der Waals surface area contributed by atoms with Crippen LogP contribution >= 0.6 is 0 Å². The van der Waals surface area contributed by atoms with E-state index >= 15 is 0 Å². The van der Waals surface area contributed by atoms with Crippen LogP contribution < -0.4 is 0 Å². The molecule has 0 amide bonds. The summed E-state index contributed by atoms with van der Waals surface area (Å²) in [4.78, 5) is 0. The average Bonchev–Trinajstić information content (AvgIpc) is 2.17. The minimum absolute atomic E-state index is 0.319. The number of hydrogen-bond donors (Lipinski definition) is 1. The van der Waals surface area contributed by atoms with Crippen LogP contribution in [-0.2, 0) is 0 Å². The number of aliphatic hydroxyl groups excluding tert-OH is 1. The second kappa shape index (κ2) is 5.14. The van der Waals surface area contributed by atoms with Crippen molar-refractivity contribution in [2.45, 2.75) is 40.2 Å². The maximum Gasteiger partial charge on any atom is 0.0953 e. The van der Waals surface area contributed by atoms with E-state index in [0.29, 0.717) is 6.42 Å². The van der Waals surface area contributed by atoms with Crippen LogP contribution in [0.1, 0.15) is 41.7 Å². The highest BCUT2D eigenvalue weighted by atomic mass is 16.3. The van der Waals surface area contributed by atoms with Crippen LogP contribution in [0, 0.1) is 38.0 Å². The summed E-state index contributed by atoms with van der Waals surface area (Å²) in [5, 5.41) is 19.2. The van der Waals surface area contributed by atoms with E-state index in [9.17, 15) is 5.11 Å². The fourth-order valence-corrected chi connectivity index (χ4v) is 2.24. The molecule has 0 aliphatic heterocycles. The van der Waals surface area contributed by atoms with Gasteiger partial charge < -0.3 is 5.11 Å². The van der Waals surface area contributed by atoms with E-state index in [2.05, 4.69) is 18.2 Å². The van der Waals surface area contributed by atoms with E-state index in [1.54, 1.807) is 0 Å². The van der Waals surface area contributed by atoms with Crippen molar-refractivity contribution >= 4 is 0 Å². The summed E-state index contributed by atoms with van der Waals surface area (Å²) in [6.07, 6.45) is 0.000314. The Morgan fingerprint density at radius 3 is 2.12 bits per heavy atom. The predicted octanol–water partition coefficient (Wildman–Crippen LogP) is 3.20. The molecule has 0 aliphatic rings. The third-order valence-electron chi connectivity index (χ3n) is 3.02. The number of aliphatic hydroxyl groups is 1. The normalized spacial score (nSPS) is 14.2. The first-order valence-corrected chi connectivity index (χ1v) is 5.66. The molecule has 0 radical (unpaired) electrons. The fraction of sp³-hybridized carbons (Fsp3) is 0.500. The van der Waals surface area contributed by atoms with Gasteiger partial charge in [-0.1, -0.05) is 24.6 Å². The lowest BCUT2D eigenvalue weighted by Gasteiger charge is -2.20. The Morgan fingerprint density at radius 1 is 1.25 bits per heavy atom. The van der Waals surface area contributed by atoms with Crippen LogP contribution in [0.4, 0.5) is 0 Å². The van der Waals surface area contributed by atoms with Crippen LogP contribution in [0.15, 0.2) is 12.1 Å². The van der Waals surface area contributed by atoms with E-state index < -0.39 is 6.10 Å². The lowest BCUT2D eigenvalue weighted by atomic mass is 9.88. The molecule has 2 nitrogen and oxygen atoms in total. The molecule has 0 aromatic heterocycles. The summed E-state index contributed by atoms with van der Waals surface area (Å²) in [6, 6.07) is 6.27. The zero-order valence-electron chi connectivity index (χ0n) is 10.4. The molecule has 2 heteroatoms. The SMILES string of the molecule is CCC(C#N)C(O)c1c(C)cc(C)cc1C. The van der Waals surface area contributed by atoms with Gasteiger partial charge in [0, 0.05) is 0 Å². The summed E-state index contributed by atoms with van der Waals surface area (Å²) in [6.45, 7) is 7.94. The Balaban J connectivity index is 3.18. The minimum Gasteiger partial charge on any atom is -0.387 e. The highest BCUT2D eigenvalue weighted by Gasteiger charge is 2.22. The minimum atomic E-state index is -0.671. The maximum absolute atomic E-state index is 10.2. The molecule has 0 saturated heterocycles. The Bertz CT molecular complexity index is 394. The molecule has 0 aliphatic carbocycles. The molecule has 0 heterocycles. The quantitative estimate of drug-likeness (QED) is 0.845. The fourth-order valence-electron chi connectivity index (χ4n) is 2.24. The Hall–Kier alpha value is -1.33. The van der Waals surface area contributed by atoms with Gasteiger partial charge in [-0.3, -0.25) is 0 Å². The Kier molecular flexibility index (Phi) is 4.09. The summed E-state index contributed by atoms with van der Waals surface area (Å²) >= 11 is 0. The molecule has 1 aromatic carbocycles. The van der Waals surface area contributed by atoms with Crippen molar-refractivity contribution in [1.29, 1.82) is 5.26 Å². The summed E-state index contributed by atoms with van der Waals surface area (Å²) < 4.78 is 0. The van der Waals surface area contributed by atoms with E-state index in [-0.39, 0.29) is 5.92 Å². The van der Waals surface area contributed by atoms with Crippen molar-refractivity contribution < 1.29 is 5.11 Å². The van der Waals surface area contributed by atoms with Crippen molar-refractivity contribution in [3.05, 3.63) is 34.4 Å². The largest absolute Gasteiger partial charge is 0.387 e. The number of benzene rings is 1. The topological polar surface area (TPSA) is 44.0 Å². The summed E-state index contributed by atoms with van der Waals surface area (Å²) in [5.41, 5.74) is 4.24. The first-order valence-electron chi connectivity index (χ1n) is 5.66. The number of aryl methyl sites for hydroxylation is 3. The second-order valence-corrected chi connectivity index (χ2v) is 4.40. The molecule has 1 N–H and O–H groups in total. The predicted molar refractivity (Wildman–Crippen MR) is 65.0 cm³/mol. The molecule has 0 saturated carbocycles. The third kappa shape index (κ3) is 2.43. The molecule has 1 rings (SSSR count). The molecule has 2 atom stereocenters. The van der Waals surface area contributed by atoms with E-state index in [0.717, 1.165) is 16.7 Å². The van der Waals surface area contributed by atoms with Crippen LogP contribution in [0.2, 0.25) is 0 Å². The molecule has 0 fully saturated rings. The van der Waals surface area contributed by atoms with Gasteiger partial charge in [-0.15, -0.1) is 0 Å². The van der Waals surface area contributed by atoms with Crippen molar-refractivity contribution in [3.8, 4) is 6.07 Å². The first-order chi connectivity index (χ1) is 7.51. The van der Waals surface area contributed by atoms with Crippen molar-refractivity contribution in [3.63, 3.8) is 0 Å². The molecular formula is C14H19NO. The highest BCUT2D eigenvalue weighted by Crippen LogP contribution is 2.30. The molecule has 16 heavy (non-hydrogen) atoms. The second-order valence-electron chi connectivity index (χ2n) is 4.40. The van der Waals surface area contributed by atoms with Crippen LogP contribution in [0.25, 0.3) is 0 Å². The number of hydrogen-bond acceptors (Lipinski definition) is 2. The average molecular weight is 217 g/mol. The van der Waals surface area contributed by atoms with Gasteiger partial charge in [0.1, 0.15) is 0 Å². The van der Waals surface area contributed by atoms with Gasteiger partial charge in [0.05, 0.1) is 18.1 Å². The van der Waals surface area contributed by atoms with Gasteiger partial charge in [-0.05, 0) is 43.9 Å². The van der Waals surface area contributed by atoms with Gasteiger partial charge in [0.2, 0.25) is 0 Å². The Morgan fingerprint density at radius 2 is 1.75 bits per heavy atom. The van der Waals surface area contributed by atoms with Gasteiger partial charge in [-0.25, -0.2) is 0 Å². The monoisotopic (exact) mass is 217 g/mol. The van der Waals surface area contributed by atoms with Gasteiger partial charge in [0.15, 0.2) is 0 Å². The van der Waals surface area contributed by atoms with Crippen LogP contribution in [0.3, 0.4) is 0 Å². The number of nitriles is 1. The van der Waals surface area contributed by atoms with E-state index in [1.807, 2.05) is 27.7 Å². The molecular weight excluding hydrogens is 198 g/mol. The lowest BCUT2D eigenvalue weighted by molar-refractivity contribution is 0.131. The first kappa shape index (κ1) is 12.7. The van der Waals surface area contributed by atoms with Crippen molar-refractivity contribution in [2.24, 2.45) is 5.92 Å². The van der Waals surface area contributed by atoms with E-state index in [1.165, 1.54) is 5.56 Å². The van der Waals surface area contributed by atoms with E-state index in [4.69, 9.17) is 5.26 Å². The van der Waals surface area contributed by atoms with Crippen LogP contribution in [-0.4, -0.2) is 5.11 Å². The number of rotatable bonds is 3. The zero-order valence-corrected chi connectivity index (χ0v) is 10.4. The third-order valence-corrected chi connectivity index (χ3v) is 3.02.